The van der Waals surface area contributed by atoms with E-state index in [0.717, 1.165) is 18.5 Å². The van der Waals surface area contributed by atoms with E-state index in [1.807, 2.05) is 30.3 Å². The van der Waals surface area contributed by atoms with Crippen molar-refractivity contribution in [3.8, 4) is 0 Å². The summed E-state index contributed by atoms with van der Waals surface area (Å²) in [6.07, 6.45) is 15.4. The summed E-state index contributed by atoms with van der Waals surface area (Å²) in [5, 5.41) is 23.2. The number of unbranched alkanes of at least 4 members (excludes halogenated alkanes) is 11. The van der Waals surface area contributed by atoms with E-state index in [4.69, 9.17) is 0 Å². The summed E-state index contributed by atoms with van der Waals surface area (Å²) >= 11 is 0. The quantitative estimate of drug-likeness (QED) is 0.326. The Bertz CT molecular complexity index is 410. The molecule has 0 bridgehead atoms. The highest BCUT2D eigenvalue weighted by atomic mass is 16.3. The summed E-state index contributed by atoms with van der Waals surface area (Å²) in [7, 11) is 0. The van der Waals surface area contributed by atoms with Crippen molar-refractivity contribution in [3.05, 3.63) is 35.9 Å². The molecule has 150 valence electrons. The summed E-state index contributed by atoms with van der Waals surface area (Å²) in [6.45, 7) is 3.08. The Kier molecular flexibility index (Phi) is 14.5. The minimum absolute atomic E-state index is 0.0473. The van der Waals surface area contributed by atoms with E-state index >= 15 is 0 Å². The lowest BCUT2D eigenvalue weighted by Crippen LogP contribution is -2.38. The maximum absolute atomic E-state index is 10.3. The first-order chi connectivity index (χ1) is 12.8. The molecule has 3 N–H and O–H groups in total. The van der Waals surface area contributed by atoms with Gasteiger partial charge in [0.25, 0.3) is 0 Å². The molecule has 0 heterocycles. The molecule has 0 aromatic heterocycles. The van der Waals surface area contributed by atoms with Crippen LogP contribution in [0.25, 0.3) is 0 Å². The van der Waals surface area contributed by atoms with Gasteiger partial charge in [-0.2, -0.15) is 0 Å². The second-order valence-electron chi connectivity index (χ2n) is 7.49. The van der Waals surface area contributed by atoms with Gasteiger partial charge in [0.2, 0.25) is 0 Å². The second kappa shape index (κ2) is 16.3. The molecule has 3 nitrogen and oxygen atoms in total. The highest BCUT2D eigenvalue weighted by molar-refractivity contribution is 5.18. The van der Waals surface area contributed by atoms with Gasteiger partial charge in [-0.15, -0.1) is 0 Å². The third kappa shape index (κ3) is 10.9. The number of aliphatic hydroxyl groups excluding tert-OH is 2. The van der Waals surface area contributed by atoms with Crippen molar-refractivity contribution in [2.75, 3.05) is 13.2 Å². The van der Waals surface area contributed by atoms with Crippen molar-refractivity contribution in [1.29, 1.82) is 0 Å². The molecule has 0 saturated carbocycles. The monoisotopic (exact) mass is 363 g/mol. The fraction of sp³-hybridized carbons (Fsp3) is 0.739. The third-order valence-corrected chi connectivity index (χ3v) is 5.16. The summed E-state index contributed by atoms with van der Waals surface area (Å²) in [5.41, 5.74) is 0.855. The largest absolute Gasteiger partial charge is 0.395 e. The molecule has 1 aromatic rings. The molecule has 0 radical (unpaired) electrons. The van der Waals surface area contributed by atoms with Gasteiger partial charge in [-0.25, -0.2) is 0 Å². The lowest BCUT2D eigenvalue weighted by Gasteiger charge is -2.22. The number of aliphatic hydroxyl groups is 2. The van der Waals surface area contributed by atoms with E-state index < -0.39 is 6.10 Å². The first-order valence-electron chi connectivity index (χ1n) is 10.9. The topological polar surface area (TPSA) is 52.5 Å². The molecule has 2 atom stereocenters. The van der Waals surface area contributed by atoms with E-state index in [0.29, 0.717) is 0 Å². The van der Waals surface area contributed by atoms with Crippen LogP contribution in [0.5, 0.6) is 0 Å². The van der Waals surface area contributed by atoms with Gasteiger partial charge >= 0.3 is 0 Å². The SMILES string of the molecule is CCCCCCCCCCCCCCN[C@@H](CO)[C@@H](O)c1ccccc1. The van der Waals surface area contributed by atoms with Gasteiger partial charge in [0.05, 0.1) is 18.8 Å². The lowest BCUT2D eigenvalue weighted by atomic mass is 10.0. The predicted octanol–water partition coefficient (Wildman–Crippen LogP) is 5.37. The average Bonchev–Trinajstić information content (AvgIpc) is 2.68. The van der Waals surface area contributed by atoms with Gasteiger partial charge < -0.3 is 15.5 Å². The predicted molar refractivity (Wildman–Crippen MR) is 111 cm³/mol. The van der Waals surface area contributed by atoms with Crippen molar-refractivity contribution in [2.45, 2.75) is 96.1 Å². The number of hydrogen-bond donors (Lipinski definition) is 3. The van der Waals surface area contributed by atoms with E-state index in [2.05, 4.69) is 12.2 Å². The highest BCUT2D eigenvalue weighted by Gasteiger charge is 2.18. The standard InChI is InChI=1S/C23H41NO2/c1-2-3-4-5-6-7-8-9-10-11-12-16-19-24-22(20-25)23(26)21-17-14-13-15-18-21/h13-15,17-18,22-26H,2-12,16,19-20H2,1H3/t22-,23-/m0/s1. The molecular formula is C23H41NO2. The van der Waals surface area contributed by atoms with E-state index in [9.17, 15) is 10.2 Å². The summed E-state index contributed by atoms with van der Waals surface area (Å²) < 4.78 is 0. The van der Waals surface area contributed by atoms with Crippen molar-refractivity contribution < 1.29 is 10.2 Å². The van der Waals surface area contributed by atoms with Crippen LogP contribution in [0.2, 0.25) is 0 Å². The number of benzene rings is 1. The van der Waals surface area contributed by atoms with Gasteiger partial charge in [-0.05, 0) is 18.5 Å². The van der Waals surface area contributed by atoms with E-state index in [1.165, 1.54) is 70.6 Å². The summed E-state index contributed by atoms with van der Waals surface area (Å²) in [6, 6.07) is 9.28. The van der Waals surface area contributed by atoms with Crippen LogP contribution in [0, 0.1) is 0 Å². The van der Waals surface area contributed by atoms with Gasteiger partial charge in [-0.1, -0.05) is 108 Å². The molecule has 0 unspecified atom stereocenters. The molecule has 0 amide bonds. The zero-order valence-electron chi connectivity index (χ0n) is 16.8. The highest BCUT2D eigenvalue weighted by Crippen LogP contribution is 2.16. The molecule has 0 aliphatic heterocycles. The Hall–Kier alpha value is -0.900. The molecule has 0 aliphatic rings. The van der Waals surface area contributed by atoms with Crippen LogP contribution in [0.4, 0.5) is 0 Å². The van der Waals surface area contributed by atoms with Crippen LogP contribution in [0.15, 0.2) is 30.3 Å². The van der Waals surface area contributed by atoms with Crippen LogP contribution in [0.3, 0.4) is 0 Å². The minimum Gasteiger partial charge on any atom is -0.395 e. The van der Waals surface area contributed by atoms with Crippen molar-refractivity contribution in [1.82, 2.24) is 5.32 Å². The minimum atomic E-state index is -0.654. The maximum atomic E-state index is 10.3. The first kappa shape index (κ1) is 23.1. The Morgan fingerprint density at radius 2 is 1.27 bits per heavy atom. The fourth-order valence-corrected chi connectivity index (χ4v) is 3.41. The van der Waals surface area contributed by atoms with Crippen LogP contribution >= 0.6 is 0 Å². The van der Waals surface area contributed by atoms with E-state index in [-0.39, 0.29) is 12.6 Å². The van der Waals surface area contributed by atoms with Gasteiger partial charge in [-0.3, -0.25) is 0 Å². The van der Waals surface area contributed by atoms with Crippen molar-refractivity contribution in [2.24, 2.45) is 0 Å². The zero-order valence-corrected chi connectivity index (χ0v) is 16.8. The Balaban J connectivity index is 1.96. The molecule has 0 fully saturated rings. The Labute approximate surface area is 161 Å². The Morgan fingerprint density at radius 1 is 0.769 bits per heavy atom. The van der Waals surface area contributed by atoms with Crippen LogP contribution < -0.4 is 5.32 Å². The van der Waals surface area contributed by atoms with Crippen molar-refractivity contribution >= 4 is 0 Å². The molecule has 0 spiro atoms. The number of hydrogen-bond acceptors (Lipinski definition) is 3. The summed E-state index contributed by atoms with van der Waals surface area (Å²) in [4.78, 5) is 0. The smallest absolute Gasteiger partial charge is 0.0965 e. The normalized spacial score (nSPS) is 13.7. The molecule has 26 heavy (non-hydrogen) atoms. The van der Waals surface area contributed by atoms with Crippen LogP contribution in [0.1, 0.15) is 95.6 Å². The first-order valence-corrected chi connectivity index (χ1v) is 10.9. The number of nitrogens with one attached hydrogen (secondary N) is 1. The molecule has 3 heteroatoms. The maximum Gasteiger partial charge on any atom is 0.0965 e. The van der Waals surface area contributed by atoms with Gasteiger partial charge in [0, 0.05) is 0 Å². The van der Waals surface area contributed by atoms with E-state index in [1.54, 1.807) is 0 Å². The third-order valence-electron chi connectivity index (χ3n) is 5.16. The summed E-state index contributed by atoms with van der Waals surface area (Å²) in [5.74, 6) is 0. The van der Waals surface area contributed by atoms with Gasteiger partial charge in [0.1, 0.15) is 0 Å². The molecular weight excluding hydrogens is 322 g/mol. The molecule has 0 aliphatic carbocycles. The zero-order chi connectivity index (χ0) is 18.9. The van der Waals surface area contributed by atoms with Gasteiger partial charge in [0.15, 0.2) is 0 Å². The van der Waals surface area contributed by atoms with Crippen LogP contribution in [-0.2, 0) is 0 Å². The lowest BCUT2D eigenvalue weighted by molar-refractivity contribution is 0.0899. The Morgan fingerprint density at radius 3 is 1.77 bits per heavy atom. The molecule has 1 aromatic carbocycles. The molecule has 0 saturated heterocycles. The molecule has 1 rings (SSSR count). The average molecular weight is 364 g/mol. The van der Waals surface area contributed by atoms with Crippen LogP contribution in [-0.4, -0.2) is 29.4 Å². The van der Waals surface area contributed by atoms with Crippen molar-refractivity contribution in [3.63, 3.8) is 0 Å². The fourth-order valence-electron chi connectivity index (χ4n) is 3.41. The number of rotatable bonds is 17. The second-order valence-corrected chi connectivity index (χ2v) is 7.49.